The SMILES string of the molecule is COC(=O)[C@H]1CCCN(C(=O)CC(C)(C)C)C1. The van der Waals surface area contributed by atoms with Crippen molar-refractivity contribution in [3.63, 3.8) is 0 Å². The number of hydrogen-bond acceptors (Lipinski definition) is 3. The molecule has 0 bridgehead atoms. The summed E-state index contributed by atoms with van der Waals surface area (Å²) in [6.45, 7) is 7.43. The predicted octanol–water partition coefficient (Wildman–Crippen LogP) is 1.83. The van der Waals surface area contributed by atoms with Crippen LogP contribution in [0.5, 0.6) is 0 Å². The van der Waals surface area contributed by atoms with Gasteiger partial charge >= 0.3 is 5.97 Å². The van der Waals surface area contributed by atoms with Gasteiger partial charge in [-0.1, -0.05) is 20.8 Å². The third-order valence-corrected chi connectivity index (χ3v) is 2.99. The summed E-state index contributed by atoms with van der Waals surface area (Å²) in [5.74, 6) is -0.193. The van der Waals surface area contributed by atoms with E-state index in [2.05, 4.69) is 0 Å². The van der Waals surface area contributed by atoms with Crippen LogP contribution in [0.25, 0.3) is 0 Å². The number of rotatable bonds is 2. The lowest BCUT2D eigenvalue weighted by atomic mass is 9.90. The van der Waals surface area contributed by atoms with E-state index in [1.807, 2.05) is 20.8 Å². The van der Waals surface area contributed by atoms with Gasteiger partial charge in [0.25, 0.3) is 0 Å². The maximum absolute atomic E-state index is 12.0. The molecule has 1 fully saturated rings. The number of nitrogens with zero attached hydrogens (tertiary/aromatic N) is 1. The number of amides is 1. The molecule has 0 N–H and O–H groups in total. The maximum atomic E-state index is 12.0. The Morgan fingerprint density at radius 3 is 2.53 bits per heavy atom. The summed E-state index contributed by atoms with van der Waals surface area (Å²) < 4.78 is 4.74. The van der Waals surface area contributed by atoms with Gasteiger partial charge in [0.1, 0.15) is 0 Å². The van der Waals surface area contributed by atoms with Crippen molar-refractivity contribution in [2.75, 3.05) is 20.2 Å². The molecule has 0 spiro atoms. The van der Waals surface area contributed by atoms with Crippen molar-refractivity contribution < 1.29 is 14.3 Å². The first-order chi connectivity index (χ1) is 7.83. The van der Waals surface area contributed by atoms with Crippen LogP contribution in [0.4, 0.5) is 0 Å². The molecule has 0 aliphatic carbocycles. The Bertz CT molecular complexity index is 294. The fourth-order valence-corrected chi connectivity index (χ4v) is 2.13. The molecule has 1 rings (SSSR count). The highest BCUT2D eigenvalue weighted by molar-refractivity contribution is 5.79. The lowest BCUT2D eigenvalue weighted by molar-refractivity contribution is -0.149. The van der Waals surface area contributed by atoms with Crippen LogP contribution in [-0.2, 0) is 14.3 Å². The van der Waals surface area contributed by atoms with Gasteiger partial charge in [-0.25, -0.2) is 0 Å². The zero-order valence-electron chi connectivity index (χ0n) is 11.3. The van der Waals surface area contributed by atoms with Crippen molar-refractivity contribution in [2.24, 2.45) is 11.3 Å². The number of esters is 1. The molecule has 0 unspecified atom stereocenters. The van der Waals surface area contributed by atoms with Crippen molar-refractivity contribution in [2.45, 2.75) is 40.0 Å². The van der Waals surface area contributed by atoms with Crippen LogP contribution in [0.1, 0.15) is 40.0 Å². The minimum absolute atomic E-state index is 0.00467. The maximum Gasteiger partial charge on any atom is 0.310 e. The van der Waals surface area contributed by atoms with E-state index in [1.54, 1.807) is 4.90 Å². The average Bonchev–Trinajstić information content (AvgIpc) is 2.26. The van der Waals surface area contributed by atoms with E-state index in [-0.39, 0.29) is 23.2 Å². The molecular weight excluding hydrogens is 218 g/mol. The van der Waals surface area contributed by atoms with Gasteiger partial charge in [0.05, 0.1) is 13.0 Å². The van der Waals surface area contributed by atoms with Gasteiger partial charge in [-0.05, 0) is 18.3 Å². The molecule has 0 aromatic carbocycles. The molecule has 4 heteroatoms. The van der Waals surface area contributed by atoms with Crippen LogP contribution < -0.4 is 0 Å². The minimum atomic E-state index is -0.196. The van der Waals surface area contributed by atoms with Crippen LogP contribution in [0.3, 0.4) is 0 Å². The van der Waals surface area contributed by atoms with Gasteiger partial charge in [-0.2, -0.15) is 0 Å². The molecule has 1 amide bonds. The first kappa shape index (κ1) is 14.0. The normalized spacial score (nSPS) is 21.2. The Labute approximate surface area is 103 Å². The van der Waals surface area contributed by atoms with Crippen molar-refractivity contribution in [3.8, 4) is 0 Å². The Hall–Kier alpha value is -1.06. The fourth-order valence-electron chi connectivity index (χ4n) is 2.13. The molecule has 0 aromatic rings. The molecular formula is C13H23NO3. The van der Waals surface area contributed by atoms with E-state index in [0.717, 1.165) is 19.4 Å². The molecule has 1 aliphatic rings. The second-order valence-corrected chi connectivity index (χ2v) is 5.94. The third kappa shape index (κ3) is 4.36. The second-order valence-electron chi connectivity index (χ2n) is 5.94. The van der Waals surface area contributed by atoms with Gasteiger partial charge in [0.2, 0.25) is 5.91 Å². The smallest absolute Gasteiger partial charge is 0.310 e. The van der Waals surface area contributed by atoms with Crippen molar-refractivity contribution in [1.29, 1.82) is 0 Å². The number of piperidine rings is 1. The summed E-state index contributed by atoms with van der Waals surface area (Å²) in [4.78, 5) is 25.3. The van der Waals surface area contributed by atoms with E-state index < -0.39 is 0 Å². The highest BCUT2D eigenvalue weighted by atomic mass is 16.5. The van der Waals surface area contributed by atoms with E-state index in [9.17, 15) is 9.59 Å². The van der Waals surface area contributed by atoms with Gasteiger partial charge < -0.3 is 9.64 Å². The first-order valence-corrected chi connectivity index (χ1v) is 6.19. The lowest BCUT2D eigenvalue weighted by Gasteiger charge is -2.33. The summed E-state index contributed by atoms with van der Waals surface area (Å²) in [6, 6.07) is 0. The number of carbonyl (C=O) groups is 2. The molecule has 1 heterocycles. The molecule has 0 aromatic heterocycles. The predicted molar refractivity (Wildman–Crippen MR) is 65.4 cm³/mol. The molecule has 0 saturated carbocycles. The molecule has 4 nitrogen and oxygen atoms in total. The van der Waals surface area contributed by atoms with Crippen molar-refractivity contribution in [3.05, 3.63) is 0 Å². The fraction of sp³-hybridized carbons (Fsp3) is 0.846. The van der Waals surface area contributed by atoms with E-state index in [4.69, 9.17) is 4.74 Å². The van der Waals surface area contributed by atoms with Gasteiger partial charge in [-0.15, -0.1) is 0 Å². The van der Waals surface area contributed by atoms with Crippen LogP contribution in [-0.4, -0.2) is 37.0 Å². The summed E-state index contributed by atoms with van der Waals surface area (Å²) in [7, 11) is 1.40. The molecule has 17 heavy (non-hydrogen) atoms. The van der Waals surface area contributed by atoms with Gasteiger partial charge in [0, 0.05) is 19.5 Å². The standard InChI is InChI=1S/C13H23NO3/c1-13(2,3)8-11(15)14-7-5-6-10(9-14)12(16)17-4/h10H,5-9H2,1-4H3/t10-/m0/s1. The van der Waals surface area contributed by atoms with Crippen LogP contribution >= 0.6 is 0 Å². The first-order valence-electron chi connectivity index (χ1n) is 6.19. The van der Waals surface area contributed by atoms with Gasteiger partial charge in [-0.3, -0.25) is 9.59 Å². The molecule has 98 valence electrons. The molecule has 1 aliphatic heterocycles. The topological polar surface area (TPSA) is 46.6 Å². The van der Waals surface area contributed by atoms with Crippen LogP contribution in [0.15, 0.2) is 0 Å². The molecule has 0 radical (unpaired) electrons. The Morgan fingerprint density at radius 2 is 2.00 bits per heavy atom. The Kier molecular flexibility index (Phi) is 4.54. The minimum Gasteiger partial charge on any atom is -0.469 e. The Balaban J connectivity index is 2.55. The molecule has 1 saturated heterocycles. The van der Waals surface area contributed by atoms with E-state index in [0.29, 0.717) is 13.0 Å². The van der Waals surface area contributed by atoms with Crippen LogP contribution in [0, 0.1) is 11.3 Å². The van der Waals surface area contributed by atoms with Crippen LogP contribution in [0.2, 0.25) is 0 Å². The largest absolute Gasteiger partial charge is 0.469 e. The summed E-state index contributed by atoms with van der Waals surface area (Å²) in [6.07, 6.45) is 2.24. The number of ether oxygens (including phenoxy) is 1. The summed E-state index contributed by atoms with van der Waals surface area (Å²) in [5, 5.41) is 0. The van der Waals surface area contributed by atoms with Crippen molar-refractivity contribution in [1.82, 2.24) is 4.90 Å². The zero-order chi connectivity index (χ0) is 13.1. The average molecular weight is 241 g/mol. The third-order valence-electron chi connectivity index (χ3n) is 2.99. The van der Waals surface area contributed by atoms with E-state index >= 15 is 0 Å². The quantitative estimate of drug-likeness (QED) is 0.693. The number of hydrogen-bond donors (Lipinski definition) is 0. The Morgan fingerprint density at radius 1 is 1.35 bits per heavy atom. The number of methoxy groups -OCH3 is 1. The summed E-state index contributed by atoms with van der Waals surface area (Å²) in [5.41, 5.74) is -0.00467. The number of carbonyl (C=O) groups excluding carboxylic acids is 2. The molecule has 1 atom stereocenters. The summed E-state index contributed by atoms with van der Waals surface area (Å²) >= 11 is 0. The van der Waals surface area contributed by atoms with Crippen molar-refractivity contribution >= 4 is 11.9 Å². The number of likely N-dealkylation sites (tertiary alicyclic amines) is 1. The monoisotopic (exact) mass is 241 g/mol. The zero-order valence-corrected chi connectivity index (χ0v) is 11.3. The highest BCUT2D eigenvalue weighted by Gasteiger charge is 2.30. The highest BCUT2D eigenvalue weighted by Crippen LogP contribution is 2.23. The lowest BCUT2D eigenvalue weighted by Crippen LogP contribution is -2.43. The second kappa shape index (κ2) is 5.52. The van der Waals surface area contributed by atoms with E-state index in [1.165, 1.54) is 7.11 Å². The van der Waals surface area contributed by atoms with Gasteiger partial charge in [0.15, 0.2) is 0 Å².